The molecule has 1 saturated carbocycles. The zero-order chi connectivity index (χ0) is 19.5. The van der Waals surface area contributed by atoms with Crippen LogP contribution in [0.5, 0.6) is 11.5 Å². The molecule has 2 heterocycles. The largest absolute Gasteiger partial charge is 0.493 e. The second kappa shape index (κ2) is 8.18. The molecule has 8 nitrogen and oxygen atoms in total. The monoisotopic (exact) mass is 386 g/mol. The maximum absolute atomic E-state index is 12.4. The summed E-state index contributed by atoms with van der Waals surface area (Å²) in [4.78, 5) is 14.6. The molecule has 28 heavy (non-hydrogen) atoms. The van der Waals surface area contributed by atoms with Gasteiger partial charge >= 0.3 is 0 Å². The first-order valence-corrected chi connectivity index (χ1v) is 9.73. The number of hydrogen-bond donors (Lipinski definition) is 1. The summed E-state index contributed by atoms with van der Waals surface area (Å²) in [5.74, 6) is 3.52. The van der Waals surface area contributed by atoms with E-state index in [1.54, 1.807) is 32.4 Å². The number of benzene rings is 1. The topological polar surface area (TPSA) is 89.7 Å². The normalized spacial score (nSPS) is 18.1. The van der Waals surface area contributed by atoms with Gasteiger partial charge in [0.15, 0.2) is 11.5 Å². The average molecular weight is 386 g/mol. The van der Waals surface area contributed by atoms with Gasteiger partial charge in [0.1, 0.15) is 0 Å². The van der Waals surface area contributed by atoms with E-state index in [9.17, 15) is 4.79 Å². The van der Waals surface area contributed by atoms with Crippen molar-refractivity contribution in [2.24, 2.45) is 0 Å². The molecule has 1 aromatic heterocycles. The summed E-state index contributed by atoms with van der Waals surface area (Å²) in [5.41, 5.74) is 0.691. The summed E-state index contributed by atoms with van der Waals surface area (Å²) in [5, 5.41) is 11.3. The summed E-state index contributed by atoms with van der Waals surface area (Å²) >= 11 is 0. The Morgan fingerprint density at radius 3 is 2.32 bits per heavy atom. The molecular formula is C20H26N4O4. The van der Waals surface area contributed by atoms with Gasteiger partial charge in [-0.2, -0.15) is 0 Å². The predicted octanol–water partition coefficient (Wildman–Crippen LogP) is 2.78. The Morgan fingerprint density at radius 2 is 1.71 bits per heavy atom. The van der Waals surface area contributed by atoms with E-state index in [1.165, 1.54) is 0 Å². The number of carbonyl (C=O) groups excluding carboxylic acids is 1. The zero-order valence-corrected chi connectivity index (χ0v) is 16.3. The molecule has 8 heteroatoms. The highest BCUT2D eigenvalue weighted by Gasteiger charge is 2.32. The molecule has 150 valence electrons. The average Bonchev–Trinajstić information content (AvgIpc) is 3.45. The van der Waals surface area contributed by atoms with E-state index in [1.807, 2.05) is 0 Å². The molecule has 1 aliphatic heterocycles. The molecule has 4 rings (SSSR count). The number of aromatic nitrogens is 2. The summed E-state index contributed by atoms with van der Waals surface area (Å²) in [7, 11) is 3.16. The molecular weight excluding hydrogens is 360 g/mol. The molecule has 0 unspecified atom stereocenters. The van der Waals surface area contributed by atoms with Crippen LogP contribution in [-0.4, -0.2) is 54.9 Å². The highest BCUT2D eigenvalue weighted by atomic mass is 16.5. The van der Waals surface area contributed by atoms with Crippen molar-refractivity contribution in [2.75, 3.05) is 39.2 Å². The van der Waals surface area contributed by atoms with Crippen molar-refractivity contribution < 1.29 is 18.7 Å². The quantitative estimate of drug-likeness (QED) is 0.782. The third-order valence-electron chi connectivity index (χ3n) is 5.35. The van der Waals surface area contributed by atoms with Crippen LogP contribution in [0.3, 0.4) is 0 Å². The summed E-state index contributed by atoms with van der Waals surface area (Å²) < 4.78 is 16.3. The van der Waals surface area contributed by atoms with Gasteiger partial charge in [-0.05, 0) is 50.9 Å². The van der Waals surface area contributed by atoms with Crippen molar-refractivity contribution in [3.8, 4) is 11.5 Å². The maximum Gasteiger partial charge on any atom is 0.238 e. The number of anilines is 1. The molecule has 1 aliphatic carbocycles. The SMILES string of the molecule is COc1ccc(NC(=O)CN2CCC(c3nnc(C4CC4)o3)CC2)cc1OC. The predicted molar refractivity (Wildman–Crippen MR) is 103 cm³/mol. The molecule has 1 aromatic carbocycles. The van der Waals surface area contributed by atoms with E-state index in [4.69, 9.17) is 13.9 Å². The van der Waals surface area contributed by atoms with Gasteiger partial charge in [0.2, 0.25) is 17.7 Å². The Bertz CT molecular complexity index is 825. The number of rotatable bonds is 7. The zero-order valence-electron chi connectivity index (χ0n) is 16.3. The first kappa shape index (κ1) is 18.7. The third-order valence-corrected chi connectivity index (χ3v) is 5.35. The lowest BCUT2D eigenvalue weighted by molar-refractivity contribution is -0.117. The van der Waals surface area contributed by atoms with Crippen LogP contribution in [0.2, 0.25) is 0 Å². The molecule has 1 saturated heterocycles. The highest BCUT2D eigenvalue weighted by Crippen LogP contribution is 2.40. The van der Waals surface area contributed by atoms with Crippen molar-refractivity contribution in [2.45, 2.75) is 37.5 Å². The molecule has 1 N–H and O–H groups in total. The van der Waals surface area contributed by atoms with Crippen LogP contribution in [0.4, 0.5) is 5.69 Å². The van der Waals surface area contributed by atoms with E-state index >= 15 is 0 Å². The van der Waals surface area contributed by atoms with Gasteiger partial charge in [0.25, 0.3) is 0 Å². The van der Waals surface area contributed by atoms with Crippen molar-refractivity contribution in [1.29, 1.82) is 0 Å². The fourth-order valence-corrected chi connectivity index (χ4v) is 3.56. The maximum atomic E-state index is 12.4. The van der Waals surface area contributed by atoms with Crippen LogP contribution >= 0.6 is 0 Å². The Hall–Kier alpha value is -2.61. The Balaban J connectivity index is 1.26. The van der Waals surface area contributed by atoms with E-state index in [0.717, 1.165) is 50.6 Å². The number of nitrogens with zero attached hydrogens (tertiary/aromatic N) is 3. The molecule has 2 aromatic rings. The molecule has 2 aliphatic rings. The van der Waals surface area contributed by atoms with Crippen molar-refractivity contribution in [3.63, 3.8) is 0 Å². The lowest BCUT2D eigenvalue weighted by Crippen LogP contribution is -2.38. The smallest absolute Gasteiger partial charge is 0.238 e. The Morgan fingerprint density at radius 1 is 1.07 bits per heavy atom. The number of ether oxygens (including phenoxy) is 2. The minimum Gasteiger partial charge on any atom is -0.493 e. The van der Waals surface area contributed by atoms with Gasteiger partial charge in [0.05, 0.1) is 20.8 Å². The minimum atomic E-state index is -0.0421. The number of piperidine rings is 1. The van der Waals surface area contributed by atoms with Gasteiger partial charge in [0, 0.05) is 23.6 Å². The second-order valence-corrected chi connectivity index (χ2v) is 7.42. The van der Waals surface area contributed by atoms with Crippen LogP contribution in [0.15, 0.2) is 22.6 Å². The van der Waals surface area contributed by atoms with Gasteiger partial charge in [-0.15, -0.1) is 10.2 Å². The second-order valence-electron chi connectivity index (χ2n) is 7.42. The molecule has 0 atom stereocenters. The summed E-state index contributed by atoms with van der Waals surface area (Å²) in [6.45, 7) is 2.04. The number of carbonyl (C=O) groups is 1. The minimum absolute atomic E-state index is 0.0421. The van der Waals surface area contributed by atoms with E-state index in [-0.39, 0.29) is 5.91 Å². The number of amides is 1. The number of likely N-dealkylation sites (tertiary alicyclic amines) is 1. The molecule has 0 spiro atoms. The van der Waals surface area contributed by atoms with Crippen LogP contribution in [0, 0.1) is 0 Å². The van der Waals surface area contributed by atoms with Gasteiger partial charge in [-0.3, -0.25) is 9.69 Å². The highest BCUT2D eigenvalue weighted by molar-refractivity contribution is 5.92. The number of nitrogens with one attached hydrogen (secondary N) is 1. The van der Waals surface area contributed by atoms with Crippen LogP contribution in [0.1, 0.15) is 49.3 Å². The molecule has 2 fully saturated rings. The van der Waals surface area contributed by atoms with E-state index in [2.05, 4.69) is 20.4 Å². The number of hydrogen-bond acceptors (Lipinski definition) is 7. The summed E-state index contributed by atoms with van der Waals surface area (Å²) in [6.07, 6.45) is 4.18. The van der Waals surface area contributed by atoms with Crippen molar-refractivity contribution in [1.82, 2.24) is 15.1 Å². The van der Waals surface area contributed by atoms with Gasteiger partial charge in [-0.25, -0.2) is 0 Å². The molecule has 0 bridgehead atoms. The Labute approximate surface area is 164 Å². The van der Waals surface area contributed by atoms with Gasteiger partial charge in [-0.1, -0.05) is 0 Å². The fraction of sp³-hybridized carbons (Fsp3) is 0.550. The van der Waals surface area contributed by atoms with Gasteiger partial charge < -0.3 is 19.2 Å². The molecule has 1 amide bonds. The fourth-order valence-electron chi connectivity index (χ4n) is 3.56. The Kier molecular flexibility index (Phi) is 5.47. The van der Waals surface area contributed by atoms with E-state index < -0.39 is 0 Å². The third kappa shape index (κ3) is 4.27. The van der Waals surface area contributed by atoms with E-state index in [0.29, 0.717) is 35.6 Å². The van der Waals surface area contributed by atoms with Crippen LogP contribution < -0.4 is 14.8 Å². The molecule has 0 radical (unpaired) electrons. The first-order chi connectivity index (χ1) is 13.7. The van der Waals surface area contributed by atoms with Crippen molar-refractivity contribution in [3.05, 3.63) is 30.0 Å². The first-order valence-electron chi connectivity index (χ1n) is 9.73. The van der Waals surface area contributed by atoms with Crippen LogP contribution in [-0.2, 0) is 4.79 Å². The standard InChI is InChI=1S/C20H26N4O4/c1-26-16-6-5-15(11-17(16)27-2)21-18(25)12-24-9-7-14(8-10-24)20-23-22-19(28-20)13-3-4-13/h5-6,11,13-14H,3-4,7-10,12H2,1-2H3,(H,21,25). The van der Waals surface area contributed by atoms with Crippen molar-refractivity contribution >= 4 is 11.6 Å². The lowest BCUT2D eigenvalue weighted by Gasteiger charge is -2.29. The summed E-state index contributed by atoms with van der Waals surface area (Å²) in [6, 6.07) is 5.34. The van der Waals surface area contributed by atoms with Crippen LogP contribution in [0.25, 0.3) is 0 Å². The lowest BCUT2D eigenvalue weighted by atomic mass is 9.97. The number of methoxy groups -OCH3 is 2.